The average Bonchev–Trinajstić information content (AvgIpc) is 3.19. The molecule has 0 spiro atoms. The summed E-state index contributed by atoms with van der Waals surface area (Å²) in [5, 5.41) is 3.06. The molecule has 2 aliphatic rings. The molecule has 2 aliphatic heterocycles. The lowest BCUT2D eigenvalue weighted by atomic mass is 9.98. The van der Waals surface area contributed by atoms with Gasteiger partial charge in [0.15, 0.2) is 0 Å². The van der Waals surface area contributed by atoms with Gasteiger partial charge in [0.1, 0.15) is 5.82 Å². The van der Waals surface area contributed by atoms with Gasteiger partial charge in [0.25, 0.3) is 0 Å². The van der Waals surface area contributed by atoms with Crippen LogP contribution < -0.4 is 5.32 Å². The highest BCUT2D eigenvalue weighted by atomic mass is 19.1. The van der Waals surface area contributed by atoms with Crippen LogP contribution in [0.5, 0.6) is 0 Å². The topological polar surface area (TPSA) is 47.6 Å². The van der Waals surface area contributed by atoms with E-state index in [1.807, 2.05) is 0 Å². The minimum Gasteiger partial charge on any atom is -0.378 e. The molecule has 2 heterocycles. The second-order valence-corrected chi connectivity index (χ2v) is 5.99. The predicted molar refractivity (Wildman–Crippen MR) is 79.8 cm³/mol. The molecule has 120 valence electrons. The molecule has 2 fully saturated rings. The van der Waals surface area contributed by atoms with E-state index < -0.39 is 0 Å². The third-order valence-corrected chi connectivity index (χ3v) is 4.32. The molecule has 5 heteroatoms. The Kier molecular flexibility index (Phi) is 5.05. The summed E-state index contributed by atoms with van der Waals surface area (Å²) in [6.07, 6.45) is 4.22. The Balaban J connectivity index is 1.67. The summed E-state index contributed by atoms with van der Waals surface area (Å²) in [6, 6.07) is 6.05. The number of benzene rings is 1. The summed E-state index contributed by atoms with van der Waals surface area (Å²) >= 11 is 0. The summed E-state index contributed by atoms with van der Waals surface area (Å²) in [5.74, 6) is -0.308. The molecule has 0 radical (unpaired) electrons. The smallest absolute Gasteiger partial charge is 0.223 e. The Labute approximate surface area is 130 Å². The van der Waals surface area contributed by atoms with E-state index in [0.29, 0.717) is 13.0 Å². The Morgan fingerprint density at radius 3 is 2.55 bits per heavy atom. The van der Waals surface area contributed by atoms with Crippen molar-refractivity contribution < 1.29 is 18.7 Å². The first-order valence-corrected chi connectivity index (χ1v) is 8.00. The zero-order valence-electron chi connectivity index (χ0n) is 12.6. The molecule has 0 bridgehead atoms. The molecule has 0 unspecified atom stereocenters. The van der Waals surface area contributed by atoms with Gasteiger partial charge in [-0.3, -0.25) is 4.79 Å². The molecule has 22 heavy (non-hydrogen) atoms. The fourth-order valence-electron chi connectivity index (χ4n) is 3.17. The molecule has 0 aliphatic carbocycles. The number of halogens is 1. The number of nitrogens with one attached hydrogen (secondary N) is 1. The Morgan fingerprint density at radius 2 is 1.91 bits per heavy atom. The van der Waals surface area contributed by atoms with Crippen molar-refractivity contribution in [1.29, 1.82) is 0 Å². The van der Waals surface area contributed by atoms with Gasteiger partial charge in [-0.25, -0.2) is 4.39 Å². The molecule has 4 nitrogen and oxygen atoms in total. The summed E-state index contributed by atoms with van der Waals surface area (Å²) in [4.78, 5) is 12.3. The van der Waals surface area contributed by atoms with Crippen molar-refractivity contribution in [3.8, 4) is 0 Å². The average molecular weight is 307 g/mol. The van der Waals surface area contributed by atoms with Gasteiger partial charge in [0.05, 0.1) is 24.7 Å². The Bertz CT molecular complexity index is 493. The van der Waals surface area contributed by atoms with E-state index in [1.54, 1.807) is 12.1 Å². The van der Waals surface area contributed by atoms with Gasteiger partial charge in [0.2, 0.25) is 5.91 Å². The Morgan fingerprint density at radius 1 is 1.18 bits per heavy atom. The molecular weight excluding hydrogens is 285 g/mol. The first kappa shape index (κ1) is 15.4. The standard InChI is InChI=1S/C17H22FNO3/c18-13-7-5-12(6-8-13)17(15-4-2-10-22-15)19-16(20)11-14-3-1-9-21-14/h5-8,14-15,17H,1-4,9-11H2,(H,19,20)/t14-,15+,17+/m0/s1. The lowest BCUT2D eigenvalue weighted by Crippen LogP contribution is -2.37. The zero-order chi connectivity index (χ0) is 15.4. The van der Waals surface area contributed by atoms with E-state index in [0.717, 1.165) is 37.9 Å². The molecule has 3 atom stereocenters. The number of rotatable bonds is 5. The maximum absolute atomic E-state index is 13.1. The van der Waals surface area contributed by atoms with E-state index >= 15 is 0 Å². The Hall–Kier alpha value is -1.46. The molecule has 1 aromatic rings. The van der Waals surface area contributed by atoms with Crippen molar-refractivity contribution >= 4 is 5.91 Å². The lowest BCUT2D eigenvalue weighted by Gasteiger charge is -2.25. The van der Waals surface area contributed by atoms with E-state index in [-0.39, 0.29) is 30.0 Å². The molecule has 2 saturated heterocycles. The lowest BCUT2D eigenvalue weighted by molar-refractivity contribution is -0.125. The zero-order valence-corrected chi connectivity index (χ0v) is 12.6. The van der Waals surface area contributed by atoms with Crippen molar-refractivity contribution in [3.63, 3.8) is 0 Å². The van der Waals surface area contributed by atoms with Gasteiger partial charge in [-0.1, -0.05) is 12.1 Å². The summed E-state index contributed by atoms with van der Waals surface area (Å²) in [7, 11) is 0. The maximum Gasteiger partial charge on any atom is 0.223 e. The van der Waals surface area contributed by atoms with Crippen LogP contribution in [0.25, 0.3) is 0 Å². The number of hydrogen-bond acceptors (Lipinski definition) is 3. The normalized spacial score (nSPS) is 26.0. The summed E-state index contributed by atoms with van der Waals surface area (Å²) in [6.45, 7) is 1.45. The van der Waals surface area contributed by atoms with Gasteiger partial charge in [-0.15, -0.1) is 0 Å². The van der Waals surface area contributed by atoms with Crippen molar-refractivity contribution in [2.24, 2.45) is 0 Å². The number of amides is 1. The second-order valence-electron chi connectivity index (χ2n) is 5.99. The van der Waals surface area contributed by atoms with E-state index in [4.69, 9.17) is 9.47 Å². The SMILES string of the molecule is O=C(C[C@@H]1CCCO1)N[C@H](c1ccc(F)cc1)[C@H]1CCCO1. The fraction of sp³-hybridized carbons (Fsp3) is 0.588. The largest absolute Gasteiger partial charge is 0.378 e. The van der Waals surface area contributed by atoms with Crippen LogP contribution in [0, 0.1) is 5.82 Å². The third kappa shape index (κ3) is 3.84. The van der Waals surface area contributed by atoms with Gasteiger partial charge in [-0.2, -0.15) is 0 Å². The number of carbonyl (C=O) groups is 1. The van der Waals surface area contributed by atoms with Crippen LogP contribution in [-0.4, -0.2) is 31.3 Å². The van der Waals surface area contributed by atoms with Crippen molar-refractivity contribution in [1.82, 2.24) is 5.32 Å². The van der Waals surface area contributed by atoms with Crippen molar-refractivity contribution in [2.45, 2.75) is 50.4 Å². The van der Waals surface area contributed by atoms with Crippen LogP contribution >= 0.6 is 0 Å². The number of carbonyl (C=O) groups excluding carboxylic acids is 1. The number of ether oxygens (including phenoxy) is 2. The quantitative estimate of drug-likeness (QED) is 0.910. The highest BCUT2D eigenvalue weighted by Gasteiger charge is 2.29. The number of hydrogen-bond donors (Lipinski definition) is 1. The van der Waals surface area contributed by atoms with Crippen LogP contribution in [-0.2, 0) is 14.3 Å². The van der Waals surface area contributed by atoms with Crippen LogP contribution in [0.4, 0.5) is 4.39 Å². The molecule has 3 rings (SSSR count). The first-order chi connectivity index (χ1) is 10.7. The minimum atomic E-state index is -0.277. The van der Waals surface area contributed by atoms with Gasteiger partial charge < -0.3 is 14.8 Å². The molecule has 1 amide bonds. The van der Waals surface area contributed by atoms with E-state index in [2.05, 4.69) is 5.32 Å². The molecule has 0 saturated carbocycles. The summed E-state index contributed by atoms with van der Waals surface area (Å²) < 4.78 is 24.4. The predicted octanol–water partition coefficient (Wildman–Crippen LogP) is 2.73. The second kappa shape index (κ2) is 7.20. The molecule has 1 aromatic carbocycles. The van der Waals surface area contributed by atoms with Crippen LogP contribution in [0.15, 0.2) is 24.3 Å². The van der Waals surface area contributed by atoms with Crippen LogP contribution in [0.1, 0.15) is 43.7 Å². The van der Waals surface area contributed by atoms with Gasteiger partial charge in [-0.05, 0) is 43.4 Å². The van der Waals surface area contributed by atoms with Gasteiger partial charge >= 0.3 is 0 Å². The molecule has 0 aromatic heterocycles. The monoisotopic (exact) mass is 307 g/mol. The minimum absolute atomic E-state index is 0.0263. The fourth-order valence-corrected chi connectivity index (χ4v) is 3.17. The molecular formula is C17H22FNO3. The van der Waals surface area contributed by atoms with Crippen LogP contribution in [0.2, 0.25) is 0 Å². The van der Waals surface area contributed by atoms with Crippen LogP contribution in [0.3, 0.4) is 0 Å². The maximum atomic E-state index is 13.1. The first-order valence-electron chi connectivity index (χ1n) is 8.00. The van der Waals surface area contributed by atoms with E-state index in [1.165, 1.54) is 12.1 Å². The van der Waals surface area contributed by atoms with E-state index in [9.17, 15) is 9.18 Å². The molecule has 1 N–H and O–H groups in total. The van der Waals surface area contributed by atoms with Gasteiger partial charge in [0, 0.05) is 13.2 Å². The van der Waals surface area contributed by atoms with Crippen molar-refractivity contribution in [2.75, 3.05) is 13.2 Å². The summed E-state index contributed by atoms with van der Waals surface area (Å²) in [5.41, 5.74) is 0.883. The highest BCUT2D eigenvalue weighted by Crippen LogP contribution is 2.27. The highest BCUT2D eigenvalue weighted by molar-refractivity contribution is 5.77. The van der Waals surface area contributed by atoms with Crippen molar-refractivity contribution in [3.05, 3.63) is 35.6 Å². The third-order valence-electron chi connectivity index (χ3n) is 4.32.